The van der Waals surface area contributed by atoms with Crippen LogP contribution in [0.3, 0.4) is 0 Å². The molecular weight excluding hydrogens is 232 g/mol. The maximum absolute atomic E-state index is 12.4. The number of rotatable bonds is 4. The molecule has 5 nitrogen and oxygen atoms in total. The molecule has 2 amide bonds. The Morgan fingerprint density at radius 3 is 2.06 bits per heavy atom. The molecule has 0 saturated heterocycles. The number of carboxylic acid groups (broad SMARTS) is 1. The Hall–Kier alpha value is -1.26. The van der Waals surface area contributed by atoms with Crippen LogP contribution in [-0.2, 0) is 4.79 Å². The number of hydrogen-bond donors (Lipinski definition) is 1. The SMILES string of the molecule is CN(C(=O)N(CC(=O)O)C1CCCC1)C1CCC1. The van der Waals surface area contributed by atoms with Gasteiger partial charge in [-0.1, -0.05) is 12.8 Å². The van der Waals surface area contributed by atoms with Gasteiger partial charge in [-0.2, -0.15) is 0 Å². The highest BCUT2D eigenvalue weighted by Gasteiger charge is 2.34. The average Bonchev–Trinajstić information content (AvgIpc) is 2.75. The topological polar surface area (TPSA) is 60.9 Å². The van der Waals surface area contributed by atoms with Crippen LogP contribution in [0.15, 0.2) is 0 Å². The van der Waals surface area contributed by atoms with E-state index < -0.39 is 5.97 Å². The van der Waals surface area contributed by atoms with E-state index >= 15 is 0 Å². The molecule has 0 aliphatic heterocycles. The van der Waals surface area contributed by atoms with Crippen molar-refractivity contribution in [2.75, 3.05) is 13.6 Å². The minimum absolute atomic E-state index is 0.103. The van der Waals surface area contributed by atoms with Gasteiger partial charge in [0.2, 0.25) is 0 Å². The fourth-order valence-electron chi connectivity index (χ4n) is 2.85. The number of carboxylic acids is 1. The summed E-state index contributed by atoms with van der Waals surface area (Å²) < 4.78 is 0. The summed E-state index contributed by atoms with van der Waals surface area (Å²) in [6.07, 6.45) is 7.35. The van der Waals surface area contributed by atoms with E-state index in [1.165, 1.54) is 6.42 Å². The molecule has 0 radical (unpaired) electrons. The van der Waals surface area contributed by atoms with Gasteiger partial charge in [0.15, 0.2) is 0 Å². The van der Waals surface area contributed by atoms with Crippen molar-refractivity contribution in [2.24, 2.45) is 0 Å². The second-order valence-corrected chi connectivity index (χ2v) is 5.44. The van der Waals surface area contributed by atoms with Crippen molar-refractivity contribution < 1.29 is 14.7 Å². The minimum Gasteiger partial charge on any atom is -0.480 e. The largest absolute Gasteiger partial charge is 0.480 e. The highest BCUT2D eigenvalue weighted by molar-refractivity contribution is 5.80. The molecule has 2 aliphatic carbocycles. The van der Waals surface area contributed by atoms with E-state index in [4.69, 9.17) is 5.11 Å². The molecule has 0 atom stereocenters. The quantitative estimate of drug-likeness (QED) is 0.833. The van der Waals surface area contributed by atoms with Gasteiger partial charge in [0, 0.05) is 19.1 Å². The first-order chi connectivity index (χ1) is 8.59. The van der Waals surface area contributed by atoms with Crippen LogP contribution in [0.25, 0.3) is 0 Å². The van der Waals surface area contributed by atoms with Gasteiger partial charge >= 0.3 is 12.0 Å². The lowest BCUT2D eigenvalue weighted by Gasteiger charge is -2.39. The minimum atomic E-state index is -0.919. The van der Waals surface area contributed by atoms with Crippen LogP contribution in [-0.4, -0.2) is 52.6 Å². The van der Waals surface area contributed by atoms with Crippen molar-refractivity contribution in [3.63, 3.8) is 0 Å². The molecular formula is C13H22N2O3. The monoisotopic (exact) mass is 254 g/mol. The van der Waals surface area contributed by atoms with E-state index in [1.807, 2.05) is 0 Å². The van der Waals surface area contributed by atoms with Gasteiger partial charge in [-0.25, -0.2) is 4.79 Å². The fraction of sp³-hybridized carbons (Fsp3) is 0.846. The fourth-order valence-corrected chi connectivity index (χ4v) is 2.85. The lowest BCUT2D eigenvalue weighted by atomic mass is 9.92. The third-order valence-electron chi connectivity index (χ3n) is 4.24. The Labute approximate surface area is 108 Å². The van der Waals surface area contributed by atoms with Gasteiger partial charge in [0.05, 0.1) is 0 Å². The zero-order valence-electron chi connectivity index (χ0n) is 11.0. The van der Waals surface area contributed by atoms with E-state index in [0.717, 1.165) is 38.5 Å². The number of aliphatic carboxylic acids is 1. The summed E-state index contributed by atoms with van der Waals surface area (Å²) in [5, 5.41) is 8.97. The summed E-state index contributed by atoms with van der Waals surface area (Å²) in [5.41, 5.74) is 0. The molecule has 18 heavy (non-hydrogen) atoms. The number of carbonyl (C=O) groups is 2. The molecule has 0 aromatic heterocycles. The molecule has 2 saturated carbocycles. The normalized spacial score (nSPS) is 20.5. The lowest BCUT2D eigenvalue weighted by molar-refractivity contribution is -0.138. The Balaban J connectivity index is 2.01. The Bertz CT molecular complexity index is 322. The van der Waals surface area contributed by atoms with Crippen LogP contribution >= 0.6 is 0 Å². The van der Waals surface area contributed by atoms with Gasteiger partial charge in [-0.15, -0.1) is 0 Å². The van der Waals surface area contributed by atoms with Crippen molar-refractivity contribution >= 4 is 12.0 Å². The maximum atomic E-state index is 12.4. The standard InChI is InChI=1S/C13H22N2O3/c1-14(10-7-4-8-10)13(18)15(9-12(16)17)11-5-2-3-6-11/h10-11H,2-9H2,1H3,(H,16,17). The summed E-state index contributed by atoms with van der Waals surface area (Å²) >= 11 is 0. The van der Waals surface area contributed by atoms with Gasteiger partial charge in [-0.3, -0.25) is 4.79 Å². The zero-order chi connectivity index (χ0) is 13.1. The Kier molecular flexibility index (Phi) is 4.09. The Morgan fingerprint density at radius 2 is 1.61 bits per heavy atom. The highest BCUT2D eigenvalue weighted by Crippen LogP contribution is 2.28. The molecule has 5 heteroatoms. The van der Waals surface area contributed by atoms with Crippen molar-refractivity contribution in [3.8, 4) is 0 Å². The number of carbonyl (C=O) groups excluding carboxylic acids is 1. The third kappa shape index (κ3) is 2.76. The van der Waals surface area contributed by atoms with Crippen LogP contribution < -0.4 is 0 Å². The van der Waals surface area contributed by atoms with E-state index in [1.54, 1.807) is 16.8 Å². The van der Waals surface area contributed by atoms with Gasteiger partial charge in [0.25, 0.3) is 0 Å². The van der Waals surface area contributed by atoms with Gasteiger partial charge in [0.1, 0.15) is 6.54 Å². The molecule has 0 aromatic carbocycles. The first-order valence-corrected chi connectivity index (χ1v) is 6.85. The van der Waals surface area contributed by atoms with Crippen LogP contribution in [0.2, 0.25) is 0 Å². The van der Waals surface area contributed by atoms with E-state index in [9.17, 15) is 9.59 Å². The van der Waals surface area contributed by atoms with E-state index in [0.29, 0.717) is 6.04 Å². The molecule has 0 aromatic rings. The van der Waals surface area contributed by atoms with Crippen LogP contribution in [0.5, 0.6) is 0 Å². The van der Waals surface area contributed by atoms with Crippen LogP contribution in [0.4, 0.5) is 4.79 Å². The van der Waals surface area contributed by atoms with Crippen molar-refractivity contribution in [2.45, 2.75) is 57.0 Å². The summed E-state index contributed by atoms with van der Waals surface area (Å²) in [7, 11) is 1.80. The number of nitrogens with zero attached hydrogens (tertiary/aromatic N) is 2. The van der Waals surface area contributed by atoms with E-state index in [2.05, 4.69) is 0 Å². The predicted octanol–water partition coefficient (Wildman–Crippen LogP) is 1.92. The first-order valence-electron chi connectivity index (χ1n) is 6.85. The van der Waals surface area contributed by atoms with E-state index in [-0.39, 0.29) is 18.6 Å². The predicted molar refractivity (Wildman–Crippen MR) is 67.4 cm³/mol. The number of amides is 2. The third-order valence-corrected chi connectivity index (χ3v) is 4.24. The molecule has 0 bridgehead atoms. The van der Waals surface area contributed by atoms with Gasteiger partial charge in [-0.05, 0) is 32.1 Å². The van der Waals surface area contributed by atoms with Crippen LogP contribution in [0.1, 0.15) is 44.9 Å². The average molecular weight is 254 g/mol. The molecule has 2 fully saturated rings. The maximum Gasteiger partial charge on any atom is 0.323 e. The lowest BCUT2D eigenvalue weighted by Crippen LogP contribution is -2.52. The second-order valence-electron chi connectivity index (χ2n) is 5.44. The van der Waals surface area contributed by atoms with Crippen molar-refractivity contribution in [3.05, 3.63) is 0 Å². The Morgan fingerprint density at radius 1 is 1.06 bits per heavy atom. The number of urea groups is 1. The summed E-state index contributed by atoms with van der Waals surface area (Å²) in [6.45, 7) is -0.166. The van der Waals surface area contributed by atoms with Crippen LogP contribution in [0, 0.1) is 0 Å². The second kappa shape index (κ2) is 5.59. The molecule has 1 N–H and O–H groups in total. The molecule has 0 unspecified atom stereocenters. The van der Waals surface area contributed by atoms with Crippen molar-refractivity contribution in [1.82, 2.24) is 9.80 Å². The molecule has 2 rings (SSSR count). The first kappa shape index (κ1) is 13.2. The highest BCUT2D eigenvalue weighted by atomic mass is 16.4. The van der Waals surface area contributed by atoms with Crippen molar-refractivity contribution in [1.29, 1.82) is 0 Å². The molecule has 102 valence electrons. The molecule has 2 aliphatic rings. The number of hydrogen-bond acceptors (Lipinski definition) is 2. The summed E-state index contributed by atoms with van der Waals surface area (Å²) in [6, 6.07) is 0.334. The molecule has 0 heterocycles. The summed E-state index contributed by atoms with van der Waals surface area (Å²) in [5.74, 6) is -0.919. The van der Waals surface area contributed by atoms with Gasteiger partial charge < -0.3 is 14.9 Å². The zero-order valence-corrected chi connectivity index (χ0v) is 11.0. The smallest absolute Gasteiger partial charge is 0.323 e. The molecule has 0 spiro atoms. The summed E-state index contributed by atoms with van der Waals surface area (Å²) in [4.78, 5) is 26.6.